The molecule has 4 amide bonds. The first-order valence-corrected chi connectivity index (χ1v) is 16.0. The molecule has 13 heteroatoms. The molecule has 0 spiro atoms. The van der Waals surface area contributed by atoms with Crippen molar-refractivity contribution < 1.29 is 33.4 Å². The van der Waals surface area contributed by atoms with E-state index in [0.717, 1.165) is 23.1 Å². The fraction of sp³-hybridized carbons (Fsp3) is 0.441. The highest BCUT2D eigenvalue weighted by atomic mass is 16.7. The number of hydrogen-bond donors (Lipinski definition) is 3. The van der Waals surface area contributed by atoms with Gasteiger partial charge in [-0.1, -0.05) is 24.3 Å². The molecule has 3 aliphatic heterocycles. The summed E-state index contributed by atoms with van der Waals surface area (Å²) in [6.07, 6.45) is 4.86. The predicted molar refractivity (Wildman–Crippen MR) is 169 cm³/mol. The second kappa shape index (κ2) is 14.8. The summed E-state index contributed by atoms with van der Waals surface area (Å²) in [5.41, 5.74) is 2.37. The van der Waals surface area contributed by atoms with Crippen LogP contribution < -0.4 is 20.7 Å². The van der Waals surface area contributed by atoms with Crippen molar-refractivity contribution >= 4 is 23.6 Å². The quantitative estimate of drug-likeness (QED) is 0.367. The van der Waals surface area contributed by atoms with Crippen LogP contribution in [0, 0.1) is 0 Å². The fourth-order valence-electron chi connectivity index (χ4n) is 6.13. The van der Waals surface area contributed by atoms with Gasteiger partial charge in [-0.2, -0.15) is 5.10 Å². The molecule has 248 valence electrons. The molecule has 0 saturated carbocycles. The van der Waals surface area contributed by atoms with Crippen molar-refractivity contribution in [1.29, 1.82) is 0 Å². The largest absolute Gasteiger partial charge is 0.457 e. The van der Waals surface area contributed by atoms with Crippen LogP contribution in [0.15, 0.2) is 60.9 Å². The second-order valence-electron chi connectivity index (χ2n) is 12.1. The minimum absolute atomic E-state index is 0.0288. The van der Waals surface area contributed by atoms with Gasteiger partial charge in [0.05, 0.1) is 19.4 Å². The van der Waals surface area contributed by atoms with Gasteiger partial charge in [-0.15, -0.1) is 0 Å². The van der Waals surface area contributed by atoms with Crippen molar-refractivity contribution in [3.8, 4) is 11.5 Å². The Hall–Kier alpha value is -4.75. The van der Waals surface area contributed by atoms with E-state index in [1.54, 1.807) is 29.0 Å². The third-order valence-electron chi connectivity index (χ3n) is 8.51. The van der Waals surface area contributed by atoms with Crippen LogP contribution in [-0.2, 0) is 55.1 Å². The highest BCUT2D eigenvalue weighted by molar-refractivity contribution is 5.94. The lowest BCUT2D eigenvalue weighted by atomic mass is 10.0. The zero-order valence-corrected chi connectivity index (χ0v) is 26.4. The Morgan fingerprint density at radius 3 is 2.34 bits per heavy atom. The average Bonchev–Trinajstić information content (AvgIpc) is 3.69. The second-order valence-corrected chi connectivity index (χ2v) is 12.1. The molecule has 6 rings (SSSR count). The van der Waals surface area contributed by atoms with Crippen LogP contribution in [0.25, 0.3) is 0 Å². The van der Waals surface area contributed by atoms with E-state index in [4.69, 9.17) is 14.2 Å². The zero-order valence-electron chi connectivity index (χ0n) is 26.4. The number of carbonyl (C=O) groups excluding carboxylic acids is 4. The van der Waals surface area contributed by atoms with Gasteiger partial charge in [-0.25, -0.2) is 0 Å². The molecule has 0 radical (unpaired) electrons. The number of likely N-dealkylation sites (tertiary alicyclic amines) is 1. The molecule has 2 aromatic carbocycles. The number of amides is 4. The van der Waals surface area contributed by atoms with E-state index in [9.17, 15) is 19.2 Å². The molecule has 3 aliphatic rings. The minimum atomic E-state index is -1.10. The van der Waals surface area contributed by atoms with Crippen molar-refractivity contribution in [1.82, 2.24) is 30.6 Å². The maximum absolute atomic E-state index is 14.1. The van der Waals surface area contributed by atoms with Gasteiger partial charge >= 0.3 is 0 Å². The Balaban J connectivity index is 1.34. The van der Waals surface area contributed by atoms with E-state index in [1.807, 2.05) is 48.5 Å². The number of hydrogen-bond acceptors (Lipinski definition) is 8. The maximum Gasteiger partial charge on any atom is 0.243 e. The van der Waals surface area contributed by atoms with Crippen molar-refractivity contribution in [2.24, 2.45) is 7.05 Å². The molecule has 0 unspecified atom stereocenters. The summed E-state index contributed by atoms with van der Waals surface area (Å²) < 4.78 is 19.3. The zero-order chi connectivity index (χ0) is 32.8. The van der Waals surface area contributed by atoms with Crippen LogP contribution in [0.5, 0.6) is 11.5 Å². The van der Waals surface area contributed by atoms with Crippen molar-refractivity contribution in [3.05, 3.63) is 77.6 Å². The monoisotopic (exact) mass is 644 g/mol. The number of benzene rings is 2. The number of carbonyl (C=O) groups is 4. The number of aromatic nitrogens is 2. The number of ether oxygens (including phenoxy) is 3. The first-order valence-electron chi connectivity index (χ1n) is 16.0. The van der Waals surface area contributed by atoms with Crippen molar-refractivity contribution in [2.45, 2.75) is 69.5 Å². The SMILES string of the molecule is Cn1cc(CNC(=O)[C@@H]2Cc3cccc(c3)Oc3cccc(c3)C[C@H](N3CCCC3=O)C(=O)N[C@@H](CC3OCCCO3)C(=O)N2)cn1. The normalized spacial score (nSPS) is 22.7. The first-order chi connectivity index (χ1) is 22.8. The highest BCUT2D eigenvalue weighted by Gasteiger charge is 2.37. The smallest absolute Gasteiger partial charge is 0.243 e. The summed E-state index contributed by atoms with van der Waals surface area (Å²) in [5, 5.41) is 12.8. The maximum atomic E-state index is 14.1. The summed E-state index contributed by atoms with van der Waals surface area (Å²) in [5.74, 6) is -0.432. The molecule has 1 aromatic heterocycles. The third-order valence-corrected chi connectivity index (χ3v) is 8.51. The van der Waals surface area contributed by atoms with E-state index >= 15 is 0 Å². The van der Waals surface area contributed by atoms with E-state index in [1.165, 1.54) is 0 Å². The molecule has 2 fully saturated rings. The average molecular weight is 645 g/mol. The van der Waals surface area contributed by atoms with E-state index in [-0.39, 0.29) is 31.7 Å². The summed E-state index contributed by atoms with van der Waals surface area (Å²) in [4.78, 5) is 56.2. The van der Waals surface area contributed by atoms with Crippen LogP contribution in [0.4, 0.5) is 0 Å². The van der Waals surface area contributed by atoms with Gasteiger partial charge in [-0.05, 0) is 48.2 Å². The molecule has 4 bridgehead atoms. The first kappa shape index (κ1) is 32.2. The molecule has 4 heterocycles. The Bertz CT molecular complexity index is 1600. The van der Waals surface area contributed by atoms with Crippen LogP contribution in [0.3, 0.4) is 0 Å². The number of rotatable bonds is 6. The molecular formula is C34H40N6O7. The van der Waals surface area contributed by atoms with Gasteiger partial charge in [0.2, 0.25) is 23.6 Å². The van der Waals surface area contributed by atoms with Gasteiger partial charge in [0, 0.05) is 57.6 Å². The topological polar surface area (TPSA) is 153 Å². The van der Waals surface area contributed by atoms with E-state index in [2.05, 4.69) is 21.0 Å². The summed E-state index contributed by atoms with van der Waals surface area (Å²) >= 11 is 0. The lowest BCUT2D eigenvalue weighted by Gasteiger charge is -2.31. The van der Waals surface area contributed by atoms with Gasteiger partial charge < -0.3 is 35.1 Å². The summed E-state index contributed by atoms with van der Waals surface area (Å²) in [7, 11) is 1.79. The van der Waals surface area contributed by atoms with Gasteiger partial charge in [0.15, 0.2) is 6.29 Å². The molecule has 3 aromatic rings. The third kappa shape index (κ3) is 8.35. The number of nitrogens with zero attached hydrogens (tertiary/aromatic N) is 3. The molecule has 3 N–H and O–H groups in total. The molecule has 47 heavy (non-hydrogen) atoms. The summed E-state index contributed by atoms with van der Waals surface area (Å²) in [6.45, 7) is 1.58. The Morgan fingerprint density at radius 2 is 1.68 bits per heavy atom. The lowest BCUT2D eigenvalue weighted by molar-refractivity contribution is -0.185. The van der Waals surface area contributed by atoms with Crippen LogP contribution in [0.2, 0.25) is 0 Å². The van der Waals surface area contributed by atoms with Gasteiger partial charge in [-0.3, -0.25) is 23.9 Å². The van der Waals surface area contributed by atoms with Crippen molar-refractivity contribution in [3.63, 3.8) is 0 Å². The number of fused-ring (bicyclic) bond motifs is 4. The Morgan fingerprint density at radius 1 is 0.957 bits per heavy atom. The van der Waals surface area contributed by atoms with E-state index < -0.39 is 42.1 Å². The number of nitrogens with one attached hydrogen (secondary N) is 3. The minimum Gasteiger partial charge on any atom is -0.457 e. The molecule has 0 aliphatic carbocycles. The van der Waals surface area contributed by atoms with Crippen LogP contribution in [0.1, 0.15) is 42.4 Å². The molecule has 13 nitrogen and oxygen atoms in total. The highest BCUT2D eigenvalue weighted by Crippen LogP contribution is 2.26. The molecule has 3 atom stereocenters. The Labute approximate surface area is 272 Å². The molecular weight excluding hydrogens is 604 g/mol. The standard InChI is InChI=1S/C34H40N6O7/c1-39-21-24(20-36-39)19-35-32(42)27-16-22-6-2-8-25(14-22)47-26-9-3-7-23(15-26)17-29(40-11-4-10-30(40)41)34(44)38-28(33(43)37-27)18-31-45-12-5-13-46-31/h2-3,6-9,14-15,20-21,27-29,31H,4-5,10-13,16-19H2,1H3,(H,35,42)(H,37,43)(H,38,44)/t27-,28-,29-/m0/s1. The summed E-state index contributed by atoms with van der Waals surface area (Å²) in [6, 6.07) is 11.8. The van der Waals surface area contributed by atoms with Crippen LogP contribution in [-0.4, -0.2) is 82.5 Å². The van der Waals surface area contributed by atoms with Crippen LogP contribution >= 0.6 is 0 Å². The fourth-order valence-corrected chi connectivity index (χ4v) is 6.13. The predicted octanol–water partition coefficient (Wildman–Crippen LogP) is 1.74. The van der Waals surface area contributed by atoms with E-state index in [0.29, 0.717) is 44.1 Å². The van der Waals surface area contributed by atoms with Gasteiger partial charge in [0.1, 0.15) is 29.6 Å². The lowest BCUT2D eigenvalue weighted by Crippen LogP contribution is -2.58. The molecule has 2 saturated heterocycles. The van der Waals surface area contributed by atoms with Gasteiger partial charge in [0.25, 0.3) is 0 Å². The number of aryl methyl sites for hydroxylation is 1. The Kier molecular flexibility index (Phi) is 10.1. The van der Waals surface area contributed by atoms with Crippen molar-refractivity contribution in [2.75, 3.05) is 19.8 Å².